The molecule has 0 aliphatic carbocycles. The van der Waals surface area contributed by atoms with E-state index >= 15 is 0 Å². The normalized spacial score (nSPS) is 9.70. The molecule has 0 atom stereocenters. The Morgan fingerprint density at radius 2 is 1.44 bits per heavy atom. The number of hydrogen-bond donors (Lipinski definition) is 0. The fourth-order valence-corrected chi connectivity index (χ4v) is 2.86. The van der Waals surface area contributed by atoms with Crippen molar-refractivity contribution in [2.45, 2.75) is 26.7 Å². The van der Waals surface area contributed by atoms with E-state index in [2.05, 4.69) is 4.98 Å². The van der Waals surface area contributed by atoms with Crippen LogP contribution in [0, 0.1) is 0 Å². The molecule has 0 radical (unpaired) electrons. The van der Waals surface area contributed by atoms with Crippen molar-refractivity contribution in [3.8, 4) is 22.4 Å². The SMILES string of the molecule is CC.COc1nc(C(=O)CCC(=O)c2cc(OC)c(OC)c(OC)c2)cs1. The van der Waals surface area contributed by atoms with E-state index < -0.39 is 0 Å². The molecule has 0 unspecified atom stereocenters. The molecule has 27 heavy (non-hydrogen) atoms. The second kappa shape index (κ2) is 11.2. The van der Waals surface area contributed by atoms with Gasteiger partial charge in [0.2, 0.25) is 5.75 Å². The summed E-state index contributed by atoms with van der Waals surface area (Å²) in [5.41, 5.74) is 0.692. The summed E-state index contributed by atoms with van der Waals surface area (Å²) in [6.45, 7) is 4.00. The van der Waals surface area contributed by atoms with Crippen molar-refractivity contribution in [1.29, 1.82) is 0 Å². The number of hydrogen-bond acceptors (Lipinski definition) is 8. The molecule has 0 amide bonds. The number of aromatic nitrogens is 1. The fraction of sp³-hybridized carbons (Fsp3) is 0.421. The summed E-state index contributed by atoms with van der Waals surface area (Å²) in [5.74, 6) is 0.781. The standard InChI is InChI=1S/C17H19NO6S.C2H6/c1-21-14-7-10(8-15(22-2)16(14)23-3)12(19)5-6-13(20)11-9-25-17(18-11)24-4;1-2/h7-9H,5-6H2,1-4H3;1-2H3. The first-order chi connectivity index (χ1) is 13.0. The van der Waals surface area contributed by atoms with Crippen LogP contribution in [0.2, 0.25) is 0 Å². The number of rotatable bonds is 9. The molecule has 1 heterocycles. The van der Waals surface area contributed by atoms with Crippen molar-refractivity contribution in [3.05, 3.63) is 28.8 Å². The molecule has 1 aromatic heterocycles. The molecular weight excluding hydrogens is 370 g/mol. The summed E-state index contributed by atoms with van der Waals surface area (Å²) >= 11 is 1.24. The molecule has 8 heteroatoms. The van der Waals surface area contributed by atoms with Crippen LogP contribution in [0.1, 0.15) is 47.5 Å². The highest BCUT2D eigenvalue weighted by atomic mass is 32.1. The quantitative estimate of drug-likeness (QED) is 0.592. The average Bonchev–Trinajstić information content (AvgIpc) is 3.21. The topological polar surface area (TPSA) is 84.0 Å². The summed E-state index contributed by atoms with van der Waals surface area (Å²) in [7, 11) is 5.93. The number of methoxy groups -OCH3 is 4. The highest BCUT2D eigenvalue weighted by Crippen LogP contribution is 2.38. The lowest BCUT2D eigenvalue weighted by Gasteiger charge is -2.13. The molecule has 2 rings (SSSR count). The van der Waals surface area contributed by atoms with Crippen molar-refractivity contribution >= 4 is 22.9 Å². The van der Waals surface area contributed by atoms with E-state index in [0.717, 1.165) is 0 Å². The van der Waals surface area contributed by atoms with Crippen LogP contribution in [-0.2, 0) is 0 Å². The molecule has 148 valence electrons. The number of carbonyl (C=O) groups is 2. The van der Waals surface area contributed by atoms with Gasteiger partial charge in [-0.05, 0) is 12.1 Å². The van der Waals surface area contributed by atoms with Gasteiger partial charge in [-0.25, -0.2) is 0 Å². The van der Waals surface area contributed by atoms with Gasteiger partial charge in [0.1, 0.15) is 5.69 Å². The Balaban J connectivity index is 0.00000176. The number of thiazole rings is 1. The minimum Gasteiger partial charge on any atom is -0.493 e. The monoisotopic (exact) mass is 395 g/mol. The van der Waals surface area contributed by atoms with Gasteiger partial charge in [0.15, 0.2) is 23.1 Å². The summed E-state index contributed by atoms with van der Waals surface area (Å²) < 4.78 is 20.7. The maximum atomic E-state index is 12.4. The van der Waals surface area contributed by atoms with Gasteiger partial charge in [0.25, 0.3) is 5.19 Å². The Morgan fingerprint density at radius 1 is 0.889 bits per heavy atom. The molecule has 0 saturated carbocycles. The first kappa shape index (κ1) is 22.4. The van der Waals surface area contributed by atoms with Crippen LogP contribution >= 0.6 is 11.3 Å². The Kier molecular flexibility index (Phi) is 9.29. The van der Waals surface area contributed by atoms with E-state index in [1.165, 1.54) is 39.8 Å². The van der Waals surface area contributed by atoms with E-state index in [9.17, 15) is 9.59 Å². The molecule has 1 aromatic carbocycles. The molecule has 0 N–H and O–H groups in total. The van der Waals surface area contributed by atoms with Crippen LogP contribution in [-0.4, -0.2) is 45.0 Å². The van der Waals surface area contributed by atoms with Crippen molar-refractivity contribution in [3.63, 3.8) is 0 Å². The second-order valence-corrected chi connectivity index (χ2v) is 5.78. The van der Waals surface area contributed by atoms with Gasteiger partial charge < -0.3 is 18.9 Å². The van der Waals surface area contributed by atoms with Gasteiger partial charge >= 0.3 is 0 Å². The number of Topliss-reactive ketones (excluding diaryl/α,β-unsaturated/α-hetero) is 2. The predicted molar refractivity (Wildman–Crippen MR) is 104 cm³/mol. The van der Waals surface area contributed by atoms with Crippen molar-refractivity contribution in [2.75, 3.05) is 28.4 Å². The zero-order chi connectivity index (χ0) is 20.4. The molecular formula is C19H25NO6S. The lowest BCUT2D eigenvalue weighted by Crippen LogP contribution is -2.07. The molecule has 0 spiro atoms. The molecule has 7 nitrogen and oxygen atoms in total. The zero-order valence-electron chi connectivity index (χ0n) is 16.5. The first-order valence-corrected chi connectivity index (χ1v) is 9.27. The Labute approximate surface area is 163 Å². The minimum absolute atomic E-state index is 0.0529. The van der Waals surface area contributed by atoms with Gasteiger partial charge in [-0.1, -0.05) is 25.2 Å². The summed E-state index contributed by atoms with van der Waals surface area (Å²) in [4.78, 5) is 28.6. The zero-order valence-corrected chi connectivity index (χ0v) is 17.3. The smallest absolute Gasteiger partial charge is 0.273 e. The second-order valence-electron chi connectivity index (χ2n) is 4.96. The number of benzene rings is 1. The van der Waals surface area contributed by atoms with E-state index in [-0.39, 0.29) is 24.4 Å². The molecule has 0 bridgehead atoms. The molecule has 0 aliphatic rings. The van der Waals surface area contributed by atoms with Crippen LogP contribution in [0.25, 0.3) is 0 Å². The van der Waals surface area contributed by atoms with Crippen LogP contribution in [0.15, 0.2) is 17.5 Å². The van der Waals surface area contributed by atoms with E-state index in [1.54, 1.807) is 17.5 Å². The Morgan fingerprint density at radius 3 is 1.89 bits per heavy atom. The lowest BCUT2D eigenvalue weighted by molar-refractivity contribution is 0.0914. The summed E-state index contributed by atoms with van der Waals surface area (Å²) in [5, 5.41) is 2.03. The summed E-state index contributed by atoms with van der Waals surface area (Å²) in [6, 6.07) is 3.14. The molecule has 2 aromatic rings. The van der Waals surface area contributed by atoms with Crippen LogP contribution in [0.3, 0.4) is 0 Å². The van der Waals surface area contributed by atoms with Crippen LogP contribution < -0.4 is 18.9 Å². The highest BCUT2D eigenvalue weighted by Gasteiger charge is 2.19. The molecule has 0 fully saturated rings. The van der Waals surface area contributed by atoms with Crippen LogP contribution in [0.5, 0.6) is 22.4 Å². The number of nitrogens with zero attached hydrogens (tertiary/aromatic N) is 1. The van der Waals surface area contributed by atoms with E-state index in [4.69, 9.17) is 18.9 Å². The lowest BCUT2D eigenvalue weighted by atomic mass is 10.0. The maximum absolute atomic E-state index is 12.4. The highest BCUT2D eigenvalue weighted by molar-refractivity contribution is 7.11. The average molecular weight is 395 g/mol. The van der Waals surface area contributed by atoms with E-state index in [0.29, 0.717) is 33.7 Å². The first-order valence-electron chi connectivity index (χ1n) is 8.40. The maximum Gasteiger partial charge on any atom is 0.273 e. The van der Waals surface area contributed by atoms with Crippen LogP contribution in [0.4, 0.5) is 0 Å². The Bertz CT molecular complexity index is 746. The van der Waals surface area contributed by atoms with Crippen molar-refractivity contribution in [1.82, 2.24) is 4.98 Å². The molecule has 0 saturated heterocycles. The van der Waals surface area contributed by atoms with Gasteiger partial charge in [-0.15, -0.1) is 0 Å². The van der Waals surface area contributed by atoms with Gasteiger partial charge in [0, 0.05) is 23.8 Å². The molecule has 0 aliphatic heterocycles. The minimum atomic E-state index is -0.208. The number of ether oxygens (including phenoxy) is 4. The number of carbonyl (C=O) groups excluding carboxylic acids is 2. The number of ketones is 2. The third kappa shape index (κ3) is 5.68. The summed E-state index contributed by atoms with van der Waals surface area (Å²) in [6.07, 6.45) is 0.111. The van der Waals surface area contributed by atoms with Gasteiger partial charge in [0.05, 0.1) is 28.4 Å². The van der Waals surface area contributed by atoms with Gasteiger partial charge in [-0.3, -0.25) is 9.59 Å². The Hall–Kier alpha value is -2.61. The van der Waals surface area contributed by atoms with Gasteiger partial charge in [-0.2, -0.15) is 4.98 Å². The third-order valence-electron chi connectivity index (χ3n) is 3.51. The third-order valence-corrected chi connectivity index (χ3v) is 4.31. The van der Waals surface area contributed by atoms with Crippen molar-refractivity contribution < 1.29 is 28.5 Å². The fourth-order valence-electron chi connectivity index (χ4n) is 2.22. The van der Waals surface area contributed by atoms with E-state index in [1.807, 2.05) is 13.8 Å². The largest absolute Gasteiger partial charge is 0.493 e. The van der Waals surface area contributed by atoms with Crippen molar-refractivity contribution in [2.24, 2.45) is 0 Å². The predicted octanol–water partition coefficient (Wildman–Crippen LogP) is 4.05.